The fourth-order valence-corrected chi connectivity index (χ4v) is 6.45. The maximum absolute atomic E-state index is 14.5. The minimum atomic E-state index is -3.78. The number of imidazole rings is 2. The monoisotopic (exact) mass is 638 g/mol. The second-order valence-corrected chi connectivity index (χ2v) is 12.7. The topological polar surface area (TPSA) is 145 Å². The summed E-state index contributed by atoms with van der Waals surface area (Å²) in [6.07, 6.45) is 8.51. The van der Waals surface area contributed by atoms with E-state index in [0.29, 0.717) is 23.0 Å². The number of nitrogens with one attached hydrogen (secondary N) is 3. The molecule has 0 saturated heterocycles. The molecule has 3 N–H and O–H groups in total. The third-order valence-corrected chi connectivity index (χ3v) is 9.10. The maximum Gasteiger partial charge on any atom is 0.270 e. The van der Waals surface area contributed by atoms with Crippen LogP contribution < -0.4 is 20.1 Å². The van der Waals surface area contributed by atoms with Crippen molar-refractivity contribution in [3.8, 4) is 11.5 Å². The quantitative estimate of drug-likeness (QED) is 0.161. The van der Waals surface area contributed by atoms with Gasteiger partial charge in [0.15, 0.2) is 5.03 Å². The van der Waals surface area contributed by atoms with Gasteiger partial charge < -0.3 is 24.5 Å². The van der Waals surface area contributed by atoms with Crippen LogP contribution in [0.2, 0.25) is 0 Å². The van der Waals surface area contributed by atoms with Crippen LogP contribution in [0, 0.1) is 5.82 Å². The highest BCUT2D eigenvalue weighted by Crippen LogP contribution is 2.37. The lowest BCUT2D eigenvalue weighted by atomic mass is 9.96. The van der Waals surface area contributed by atoms with Gasteiger partial charge in [-0.2, -0.15) is 0 Å². The molecule has 3 aromatic heterocycles. The van der Waals surface area contributed by atoms with Crippen LogP contribution >= 0.6 is 0 Å². The van der Waals surface area contributed by atoms with E-state index >= 15 is 0 Å². The summed E-state index contributed by atoms with van der Waals surface area (Å²) in [4.78, 5) is 25.3. The number of anilines is 2. The molecule has 1 amide bonds. The predicted molar refractivity (Wildman–Crippen MR) is 173 cm³/mol. The number of amides is 1. The molecule has 240 valence electrons. The first kappa shape index (κ1) is 30.2. The summed E-state index contributed by atoms with van der Waals surface area (Å²) in [5, 5.41) is 5.88. The molecule has 0 spiro atoms. The summed E-state index contributed by atoms with van der Waals surface area (Å²) >= 11 is 0. The largest absolute Gasteiger partial charge is 0.457 e. The van der Waals surface area contributed by atoms with E-state index in [1.54, 1.807) is 31.3 Å². The zero-order valence-electron chi connectivity index (χ0n) is 24.8. The Morgan fingerprint density at radius 3 is 2.62 bits per heavy atom. The molecule has 0 radical (unpaired) electrons. The number of aromatic nitrogens is 5. The molecule has 45 heavy (non-hydrogen) atoms. The Bertz CT molecular complexity index is 1980. The lowest BCUT2D eigenvalue weighted by Gasteiger charge is -2.13. The van der Waals surface area contributed by atoms with E-state index in [9.17, 15) is 17.6 Å². The van der Waals surface area contributed by atoms with Gasteiger partial charge in [0.25, 0.3) is 15.9 Å². The summed E-state index contributed by atoms with van der Waals surface area (Å²) in [6, 6.07) is 13.7. The van der Waals surface area contributed by atoms with Crippen LogP contribution in [0.3, 0.4) is 0 Å². The molecule has 0 aliphatic heterocycles. The number of ether oxygens (including phenoxy) is 1. The summed E-state index contributed by atoms with van der Waals surface area (Å²) in [5.74, 6) is 1.12. The normalized spacial score (nSPS) is 13.8. The fraction of sp³-hybridized carbons (Fsp3) is 0.290. The van der Waals surface area contributed by atoms with E-state index in [0.717, 1.165) is 42.5 Å². The van der Waals surface area contributed by atoms with Gasteiger partial charge in [0, 0.05) is 61.7 Å². The molecule has 2 aromatic carbocycles. The molecule has 12 nitrogen and oxygen atoms in total. The molecule has 14 heteroatoms. The second kappa shape index (κ2) is 12.7. The average molecular weight is 639 g/mol. The van der Waals surface area contributed by atoms with Gasteiger partial charge in [-0.3, -0.25) is 9.78 Å². The van der Waals surface area contributed by atoms with Gasteiger partial charge in [-0.25, -0.2) is 27.5 Å². The van der Waals surface area contributed by atoms with E-state index in [2.05, 4.69) is 25.3 Å². The molecule has 0 unspecified atom stereocenters. The van der Waals surface area contributed by atoms with Gasteiger partial charge in [-0.1, -0.05) is 12.8 Å². The van der Waals surface area contributed by atoms with Crippen LogP contribution in [-0.2, 0) is 24.1 Å². The number of sulfonamides is 1. The van der Waals surface area contributed by atoms with Crippen LogP contribution in [0.25, 0.3) is 11.0 Å². The number of fused-ring (bicyclic) bond motifs is 1. The van der Waals surface area contributed by atoms with Crippen molar-refractivity contribution in [2.45, 2.75) is 36.6 Å². The SMILES string of the molecule is Cn1cnc(S(=O)(=O)NCCNC(=O)c2cc(Oc3ccc4c(c3)nc(Nc3ccc(F)c(C5CCCC5)c3)n4C)ccn2)c1.[HH].[HH].[HH]. The lowest BCUT2D eigenvalue weighted by Crippen LogP contribution is -2.35. The van der Waals surface area contributed by atoms with Crippen LogP contribution in [0.1, 0.15) is 51.9 Å². The third-order valence-electron chi connectivity index (χ3n) is 7.76. The van der Waals surface area contributed by atoms with Crippen molar-refractivity contribution in [1.29, 1.82) is 0 Å². The number of carbonyl (C=O) groups excluding carboxylic acids is 1. The van der Waals surface area contributed by atoms with Gasteiger partial charge in [-0.15, -0.1) is 0 Å². The molecule has 6 rings (SSSR count). The highest BCUT2D eigenvalue weighted by atomic mass is 32.2. The molecule has 1 aliphatic rings. The van der Waals surface area contributed by atoms with Crippen molar-refractivity contribution in [3.05, 3.63) is 84.3 Å². The number of halogens is 1. The Kier molecular flexibility index (Phi) is 8.50. The number of carbonyl (C=O) groups is 1. The number of hydrogen-bond acceptors (Lipinski definition) is 8. The Morgan fingerprint density at radius 2 is 1.84 bits per heavy atom. The zero-order valence-corrected chi connectivity index (χ0v) is 25.6. The van der Waals surface area contributed by atoms with E-state index in [1.165, 1.54) is 35.4 Å². The molecule has 3 heterocycles. The molecule has 5 aromatic rings. The van der Waals surface area contributed by atoms with E-state index in [-0.39, 0.29) is 39.8 Å². The highest BCUT2D eigenvalue weighted by molar-refractivity contribution is 7.89. The van der Waals surface area contributed by atoms with Crippen molar-refractivity contribution in [3.63, 3.8) is 0 Å². The van der Waals surface area contributed by atoms with Crippen LogP contribution in [0.5, 0.6) is 11.5 Å². The van der Waals surface area contributed by atoms with Crippen molar-refractivity contribution >= 4 is 38.6 Å². The fourth-order valence-electron chi connectivity index (χ4n) is 5.44. The van der Waals surface area contributed by atoms with Gasteiger partial charge in [0.05, 0.1) is 17.4 Å². The van der Waals surface area contributed by atoms with E-state index in [4.69, 9.17) is 9.72 Å². The molecule has 0 bridgehead atoms. The summed E-state index contributed by atoms with van der Waals surface area (Å²) < 4.78 is 51.0. The zero-order chi connectivity index (χ0) is 31.6. The Hall–Kier alpha value is -4.82. The second-order valence-electron chi connectivity index (χ2n) is 11.0. The minimum Gasteiger partial charge on any atom is -0.457 e. The molecule has 0 atom stereocenters. The molecule has 1 fully saturated rings. The molecular weight excluding hydrogens is 599 g/mol. The highest BCUT2D eigenvalue weighted by Gasteiger charge is 2.21. The number of aryl methyl sites for hydroxylation is 2. The van der Waals surface area contributed by atoms with Crippen molar-refractivity contribution in [1.82, 2.24) is 34.1 Å². The van der Waals surface area contributed by atoms with Gasteiger partial charge >= 0.3 is 0 Å². The van der Waals surface area contributed by atoms with Crippen LogP contribution in [0.4, 0.5) is 16.0 Å². The Morgan fingerprint density at radius 1 is 1.04 bits per heavy atom. The van der Waals surface area contributed by atoms with Crippen molar-refractivity contribution in [2.75, 3.05) is 18.4 Å². The van der Waals surface area contributed by atoms with Crippen molar-refractivity contribution < 1.29 is 26.6 Å². The number of rotatable bonds is 11. The minimum absolute atomic E-state index is 0. The standard InChI is InChI=1S/C31H33FN8O4S.3H2/c1-39-18-29(35-19-39)45(42,43)36-14-13-34-30(41)27-17-23(11-12-33-27)44-22-8-10-28-26(16-22)38-31(40(28)2)37-21-7-9-25(32)24(15-21)20-5-3-4-6-20;;;/h7-12,15-20,36H,3-6,13-14H2,1-2H3,(H,34,41)(H,37,38);3*1H. The number of pyridine rings is 1. The smallest absolute Gasteiger partial charge is 0.270 e. The molecule has 1 aliphatic carbocycles. The van der Waals surface area contributed by atoms with Gasteiger partial charge in [0.1, 0.15) is 23.0 Å². The van der Waals surface area contributed by atoms with Gasteiger partial charge in [-0.05, 0) is 60.7 Å². The van der Waals surface area contributed by atoms with Gasteiger partial charge in [0.2, 0.25) is 5.95 Å². The summed E-state index contributed by atoms with van der Waals surface area (Å²) in [7, 11) is -0.206. The predicted octanol–water partition coefficient (Wildman–Crippen LogP) is 5.48. The first-order valence-corrected chi connectivity index (χ1v) is 16.1. The number of hydrogen-bond donors (Lipinski definition) is 3. The molecule has 1 saturated carbocycles. The van der Waals surface area contributed by atoms with Crippen LogP contribution in [-0.4, -0.2) is 51.5 Å². The average Bonchev–Trinajstić information content (AvgIpc) is 3.78. The van der Waals surface area contributed by atoms with Crippen LogP contribution in [0.15, 0.2) is 72.3 Å². The first-order chi connectivity index (χ1) is 21.7. The summed E-state index contributed by atoms with van der Waals surface area (Å²) in [6.45, 7) is 0.0226. The first-order valence-electron chi connectivity index (χ1n) is 14.6. The lowest BCUT2D eigenvalue weighted by molar-refractivity contribution is 0.0949. The Balaban J connectivity index is 0.00000208. The Labute approximate surface area is 264 Å². The van der Waals surface area contributed by atoms with E-state index < -0.39 is 15.9 Å². The van der Waals surface area contributed by atoms with Crippen molar-refractivity contribution in [2.24, 2.45) is 14.1 Å². The number of benzene rings is 2. The third kappa shape index (κ3) is 6.81. The molecular formula is C31H39FN8O4S. The van der Waals surface area contributed by atoms with E-state index in [1.807, 2.05) is 23.7 Å². The summed E-state index contributed by atoms with van der Waals surface area (Å²) in [5.41, 5.74) is 3.21. The maximum atomic E-state index is 14.5. The number of nitrogens with zero attached hydrogens (tertiary/aromatic N) is 5.